The van der Waals surface area contributed by atoms with Crippen molar-refractivity contribution in [1.82, 2.24) is 9.80 Å². The minimum absolute atomic E-state index is 0.000939. The van der Waals surface area contributed by atoms with Gasteiger partial charge in [-0.05, 0) is 107 Å². The van der Waals surface area contributed by atoms with E-state index in [9.17, 15) is 14.4 Å². The molecular formula is C27H37N3O3. The van der Waals surface area contributed by atoms with Gasteiger partial charge >= 0.3 is 0 Å². The number of rotatable bonds is 6. The molecule has 1 aromatic carbocycles. The fraction of sp³-hybridized carbons (Fsp3) is 0.667. The molecule has 178 valence electrons. The van der Waals surface area contributed by atoms with Crippen LogP contribution in [0.25, 0.3) is 0 Å². The van der Waals surface area contributed by atoms with Crippen molar-refractivity contribution in [2.75, 3.05) is 25.0 Å². The summed E-state index contributed by atoms with van der Waals surface area (Å²) in [5, 5.41) is 3.01. The van der Waals surface area contributed by atoms with E-state index in [0.717, 1.165) is 32.1 Å². The van der Waals surface area contributed by atoms with E-state index in [0.29, 0.717) is 48.6 Å². The lowest BCUT2D eigenvalue weighted by Gasteiger charge is -2.56. The van der Waals surface area contributed by atoms with E-state index in [4.69, 9.17) is 0 Å². The van der Waals surface area contributed by atoms with E-state index in [-0.39, 0.29) is 29.2 Å². The highest BCUT2D eigenvalue weighted by molar-refractivity contribution is 5.99. The summed E-state index contributed by atoms with van der Waals surface area (Å²) < 4.78 is 0. The number of hydrogen-bond donors (Lipinski definition) is 1. The second kappa shape index (κ2) is 8.77. The van der Waals surface area contributed by atoms with E-state index in [1.54, 1.807) is 29.2 Å². The highest BCUT2D eigenvalue weighted by Crippen LogP contribution is 2.60. The van der Waals surface area contributed by atoms with Crippen molar-refractivity contribution in [3.05, 3.63) is 29.8 Å². The van der Waals surface area contributed by atoms with Gasteiger partial charge in [0.05, 0.1) is 5.41 Å². The molecule has 4 bridgehead atoms. The maximum absolute atomic E-state index is 13.8. The Labute approximate surface area is 197 Å². The van der Waals surface area contributed by atoms with Gasteiger partial charge in [0.2, 0.25) is 11.8 Å². The zero-order valence-electron chi connectivity index (χ0n) is 20.0. The van der Waals surface area contributed by atoms with Crippen LogP contribution in [0, 0.1) is 23.2 Å². The summed E-state index contributed by atoms with van der Waals surface area (Å²) in [6, 6.07) is 6.72. The van der Waals surface area contributed by atoms with Gasteiger partial charge in [0.25, 0.3) is 5.91 Å². The topological polar surface area (TPSA) is 69.7 Å². The van der Waals surface area contributed by atoms with Crippen LogP contribution in [0.2, 0.25) is 0 Å². The molecule has 0 spiro atoms. The summed E-state index contributed by atoms with van der Waals surface area (Å²) in [6.45, 7) is 5.96. The third-order valence-corrected chi connectivity index (χ3v) is 8.76. The van der Waals surface area contributed by atoms with Crippen molar-refractivity contribution >= 4 is 23.4 Å². The van der Waals surface area contributed by atoms with Crippen LogP contribution in [-0.4, -0.2) is 53.2 Å². The van der Waals surface area contributed by atoms with E-state index in [2.05, 4.69) is 5.32 Å². The van der Waals surface area contributed by atoms with E-state index in [1.807, 2.05) is 18.7 Å². The molecule has 1 saturated heterocycles. The van der Waals surface area contributed by atoms with Crippen LogP contribution in [0.4, 0.5) is 5.69 Å². The number of hydrogen-bond acceptors (Lipinski definition) is 3. The molecule has 1 aliphatic heterocycles. The quantitative estimate of drug-likeness (QED) is 0.701. The number of nitrogens with one attached hydrogen (secondary N) is 1. The number of nitrogens with zero attached hydrogens (tertiary/aromatic N) is 2. The van der Waals surface area contributed by atoms with Gasteiger partial charge < -0.3 is 15.1 Å². The fourth-order valence-electron chi connectivity index (χ4n) is 7.57. The first-order valence-electron chi connectivity index (χ1n) is 12.9. The van der Waals surface area contributed by atoms with Crippen molar-refractivity contribution < 1.29 is 14.4 Å². The first-order valence-corrected chi connectivity index (χ1v) is 12.9. The van der Waals surface area contributed by atoms with Gasteiger partial charge in [-0.2, -0.15) is 0 Å². The largest absolute Gasteiger partial charge is 0.339 e. The SMILES string of the molecule is CCN(CC)C(=O)c1ccc(NC(=O)C2CCCN2C(=O)C23CC4CC(CC(C4)C2)C3)cc1. The fourth-order valence-corrected chi connectivity index (χ4v) is 7.57. The van der Waals surface area contributed by atoms with Gasteiger partial charge in [-0.3, -0.25) is 14.4 Å². The summed E-state index contributed by atoms with van der Waals surface area (Å²) in [5.74, 6) is 2.29. The van der Waals surface area contributed by atoms with E-state index in [1.165, 1.54) is 19.3 Å². The van der Waals surface area contributed by atoms with Crippen LogP contribution in [0.3, 0.4) is 0 Å². The standard InChI is InChI=1S/C27H37N3O3/c1-3-29(4-2)25(32)21-7-9-22(10-8-21)28-24(31)23-6-5-11-30(23)26(33)27-15-18-12-19(16-27)14-20(13-18)17-27/h7-10,18-20,23H,3-6,11-17H2,1-2H3,(H,28,31). The zero-order valence-corrected chi connectivity index (χ0v) is 20.0. The molecule has 4 aliphatic carbocycles. The van der Waals surface area contributed by atoms with Crippen LogP contribution in [0.15, 0.2) is 24.3 Å². The van der Waals surface area contributed by atoms with Gasteiger partial charge in [0, 0.05) is 30.9 Å². The number of carbonyl (C=O) groups excluding carboxylic acids is 3. The van der Waals surface area contributed by atoms with Crippen molar-refractivity contribution in [2.45, 2.75) is 71.3 Å². The number of likely N-dealkylation sites (tertiary alicyclic amines) is 1. The number of benzene rings is 1. The van der Waals surface area contributed by atoms with Gasteiger partial charge in [-0.1, -0.05) is 0 Å². The second-order valence-corrected chi connectivity index (χ2v) is 10.9. The second-order valence-electron chi connectivity index (χ2n) is 10.9. The monoisotopic (exact) mass is 451 g/mol. The number of amides is 3. The van der Waals surface area contributed by atoms with E-state index >= 15 is 0 Å². The zero-order chi connectivity index (χ0) is 23.2. The van der Waals surface area contributed by atoms with Gasteiger partial charge in [0.15, 0.2) is 0 Å². The predicted octanol–water partition coefficient (Wildman–Crippen LogP) is 4.31. The lowest BCUT2D eigenvalue weighted by Crippen LogP contribution is -2.56. The molecule has 33 heavy (non-hydrogen) atoms. The van der Waals surface area contributed by atoms with Crippen molar-refractivity contribution in [2.24, 2.45) is 23.2 Å². The highest BCUT2D eigenvalue weighted by Gasteiger charge is 2.56. The molecule has 5 fully saturated rings. The molecule has 6 nitrogen and oxygen atoms in total. The molecular weight excluding hydrogens is 414 g/mol. The third kappa shape index (κ3) is 4.06. The lowest BCUT2D eigenvalue weighted by molar-refractivity contribution is -0.160. The molecule has 1 N–H and O–H groups in total. The molecule has 1 heterocycles. The van der Waals surface area contributed by atoms with Crippen LogP contribution in [0.5, 0.6) is 0 Å². The first-order chi connectivity index (χ1) is 15.9. The molecule has 1 unspecified atom stereocenters. The Bertz CT molecular complexity index is 886. The summed E-state index contributed by atoms with van der Waals surface area (Å²) >= 11 is 0. The molecule has 1 aromatic rings. The molecule has 3 amide bonds. The minimum atomic E-state index is -0.387. The third-order valence-electron chi connectivity index (χ3n) is 8.76. The summed E-state index contributed by atoms with van der Waals surface area (Å²) in [5.41, 5.74) is 1.09. The molecule has 5 aliphatic rings. The Morgan fingerprint density at radius 3 is 2.09 bits per heavy atom. The van der Waals surface area contributed by atoms with E-state index < -0.39 is 0 Å². The van der Waals surface area contributed by atoms with Crippen LogP contribution in [0.1, 0.15) is 75.6 Å². The summed E-state index contributed by atoms with van der Waals surface area (Å²) in [6.07, 6.45) is 8.63. The first kappa shape index (κ1) is 22.4. The number of carbonyl (C=O) groups is 3. The van der Waals surface area contributed by atoms with Crippen LogP contribution in [-0.2, 0) is 9.59 Å². The van der Waals surface area contributed by atoms with Crippen LogP contribution >= 0.6 is 0 Å². The van der Waals surface area contributed by atoms with Crippen molar-refractivity contribution in [1.29, 1.82) is 0 Å². The molecule has 4 saturated carbocycles. The van der Waals surface area contributed by atoms with Gasteiger partial charge in [-0.25, -0.2) is 0 Å². The average molecular weight is 452 g/mol. The van der Waals surface area contributed by atoms with Crippen molar-refractivity contribution in [3.8, 4) is 0 Å². The Hall–Kier alpha value is -2.37. The highest BCUT2D eigenvalue weighted by atomic mass is 16.2. The Kier molecular flexibility index (Phi) is 5.96. The smallest absolute Gasteiger partial charge is 0.253 e. The average Bonchev–Trinajstić information content (AvgIpc) is 3.29. The molecule has 1 atom stereocenters. The Morgan fingerprint density at radius 2 is 1.55 bits per heavy atom. The normalized spacial score (nSPS) is 32.1. The predicted molar refractivity (Wildman–Crippen MR) is 128 cm³/mol. The van der Waals surface area contributed by atoms with Gasteiger partial charge in [-0.15, -0.1) is 0 Å². The molecule has 6 heteroatoms. The Balaban J connectivity index is 1.25. The molecule has 0 radical (unpaired) electrons. The maximum Gasteiger partial charge on any atom is 0.253 e. The summed E-state index contributed by atoms with van der Waals surface area (Å²) in [7, 11) is 0. The Morgan fingerprint density at radius 1 is 0.970 bits per heavy atom. The minimum Gasteiger partial charge on any atom is -0.339 e. The molecule has 6 rings (SSSR count). The molecule has 0 aromatic heterocycles. The maximum atomic E-state index is 13.8. The van der Waals surface area contributed by atoms with Crippen LogP contribution < -0.4 is 5.32 Å². The van der Waals surface area contributed by atoms with Gasteiger partial charge in [0.1, 0.15) is 6.04 Å². The number of anilines is 1. The van der Waals surface area contributed by atoms with Crippen molar-refractivity contribution in [3.63, 3.8) is 0 Å². The summed E-state index contributed by atoms with van der Waals surface area (Å²) in [4.78, 5) is 43.2. The lowest BCUT2D eigenvalue weighted by atomic mass is 9.49.